The highest BCUT2D eigenvalue weighted by atomic mass is 16.5. The van der Waals surface area contributed by atoms with E-state index in [2.05, 4.69) is 20.3 Å². The van der Waals surface area contributed by atoms with Crippen molar-refractivity contribution in [1.29, 1.82) is 0 Å². The van der Waals surface area contributed by atoms with E-state index in [1.165, 1.54) is 0 Å². The van der Waals surface area contributed by atoms with Gasteiger partial charge in [-0.15, -0.1) is 0 Å². The zero-order valence-electron chi connectivity index (χ0n) is 11.8. The van der Waals surface area contributed by atoms with Crippen molar-refractivity contribution in [2.24, 2.45) is 0 Å². The van der Waals surface area contributed by atoms with Crippen molar-refractivity contribution in [2.75, 3.05) is 19.0 Å². The first-order chi connectivity index (χ1) is 9.15. The molecule has 6 nitrogen and oxygen atoms in total. The van der Waals surface area contributed by atoms with Gasteiger partial charge in [-0.25, -0.2) is 15.0 Å². The minimum atomic E-state index is 0.408. The number of imidazole rings is 1. The highest BCUT2D eigenvalue weighted by molar-refractivity contribution is 5.42. The number of hydrogen-bond acceptors (Lipinski definition) is 5. The maximum atomic E-state index is 5.37. The second-order valence-electron chi connectivity index (χ2n) is 4.20. The summed E-state index contributed by atoms with van der Waals surface area (Å²) in [5.74, 6) is 2.23. The molecule has 1 N–H and O–H groups in total. The number of nitrogens with zero attached hydrogens (tertiary/aromatic N) is 4. The highest BCUT2D eigenvalue weighted by Gasteiger charge is 2.09. The first-order valence-corrected chi connectivity index (χ1v) is 6.30. The van der Waals surface area contributed by atoms with Gasteiger partial charge in [0.2, 0.25) is 0 Å². The molecule has 0 aliphatic rings. The van der Waals surface area contributed by atoms with Crippen LogP contribution in [0.4, 0.5) is 5.82 Å². The molecule has 102 valence electrons. The predicted molar refractivity (Wildman–Crippen MR) is 73.5 cm³/mol. The Morgan fingerprint density at radius 1 is 1.32 bits per heavy atom. The number of aryl methyl sites for hydroxylation is 1. The van der Waals surface area contributed by atoms with Gasteiger partial charge >= 0.3 is 0 Å². The van der Waals surface area contributed by atoms with Crippen LogP contribution in [0.3, 0.4) is 0 Å². The molecule has 0 aliphatic carbocycles. The molecule has 2 aromatic heterocycles. The summed E-state index contributed by atoms with van der Waals surface area (Å²) in [5.41, 5.74) is 2.07. The molecular formula is C13H19N5O. The third-order valence-electron chi connectivity index (χ3n) is 2.95. The molecular weight excluding hydrogens is 242 g/mol. The van der Waals surface area contributed by atoms with Gasteiger partial charge < -0.3 is 10.1 Å². The van der Waals surface area contributed by atoms with Gasteiger partial charge in [0, 0.05) is 25.4 Å². The quantitative estimate of drug-likeness (QED) is 0.890. The molecule has 0 bridgehead atoms. The second kappa shape index (κ2) is 5.79. The lowest BCUT2D eigenvalue weighted by atomic mass is 10.3. The van der Waals surface area contributed by atoms with Crippen LogP contribution in [0.5, 0.6) is 0 Å². The molecule has 0 atom stereocenters. The Morgan fingerprint density at radius 3 is 2.68 bits per heavy atom. The van der Waals surface area contributed by atoms with E-state index in [0.29, 0.717) is 19.0 Å². The molecule has 0 saturated heterocycles. The van der Waals surface area contributed by atoms with Crippen molar-refractivity contribution in [2.45, 2.75) is 27.4 Å². The lowest BCUT2D eigenvalue weighted by Gasteiger charge is -2.09. The third kappa shape index (κ3) is 2.90. The van der Waals surface area contributed by atoms with Crippen LogP contribution in [0.2, 0.25) is 0 Å². The number of anilines is 1. The topological polar surface area (TPSA) is 64.9 Å². The Kier molecular flexibility index (Phi) is 4.11. The number of hydrogen-bond donors (Lipinski definition) is 1. The van der Waals surface area contributed by atoms with Crippen LogP contribution in [-0.4, -0.2) is 33.2 Å². The number of rotatable bonds is 5. The summed E-state index contributed by atoms with van der Waals surface area (Å²) in [6.45, 7) is 7.00. The third-order valence-corrected chi connectivity index (χ3v) is 2.95. The maximum absolute atomic E-state index is 5.37. The lowest BCUT2D eigenvalue weighted by Crippen LogP contribution is -2.07. The van der Waals surface area contributed by atoms with E-state index < -0.39 is 0 Å². The Labute approximate surface area is 112 Å². The van der Waals surface area contributed by atoms with E-state index in [9.17, 15) is 0 Å². The average Bonchev–Trinajstić information content (AvgIpc) is 2.76. The van der Waals surface area contributed by atoms with Gasteiger partial charge in [0.1, 0.15) is 24.6 Å². The fourth-order valence-electron chi connectivity index (χ4n) is 1.72. The van der Waals surface area contributed by atoms with E-state index in [1.807, 2.05) is 38.5 Å². The monoisotopic (exact) mass is 261 g/mol. The molecule has 6 heteroatoms. The first-order valence-electron chi connectivity index (χ1n) is 6.30. The van der Waals surface area contributed by atoms with Crippen LogP contribution in [0, 0.1) is 13.8 Å². The Balaban J connectivity index is 2.41. The molecule has 0 fully saturated rings. The van der Waals surface area contributed by atoms with Gasteiger partial charge in [-0.05, 0) is 20.8 Å². The lowest BCUT2D eigenvalue weighted by molar-refractivity contribution is 0.128. The molecule has 0 aromatic carbocycles. The SMILES string of the molecule is CCOCc1nc(NC)cc(-n2cnc(C)c2C)n1. The normalized spacial score (nSPS) is 10.7. The summed E-state index contributed by atoms with van der Waals surface area (Å²) >= 11 is 0. The minimum Gasteiger partial charge on any atom is -0.374 e. The summed E-state index contributed by atoms with van der Waals surface area (Å²) in [7, 11) is 1.84. The van der Waals surface area contributed by atoms with Crippen molar-refractivity contribution in [1.82, 2.24) is 19.5 Å². The molecule has 0 radical (unpaired) electrons. The minimum absolute atomic E-state index is 0.408. The van der Waals surface area contributed by atoms with Crippen molar-refractivity contribution in [3.63, 3.8) is 0 Å². The molecule has 2 heterocycles. The standard InChI is InChI=1S/C13H19N5O/c1-5-19-7-12-16-11(14-4)6-13(17-12)18-8-15-9(2)10(18)3/h6,8H,5,7H2,1-4H3,(H,14,16,17). The van der Waals surface area contributed by atoms with Gasteiger partial charge in [-0.1, -0.05) is 0 Å². The molecule has 0 unspecified atom stereocenters. The zero-order valence-corrected chi connectivity index (χ0v) is 11.8. The van der Waals surface area contributed by atoms with Gasteiger partial charge in [0.05, 0.1) is 5.69 Å². The Morgan fingerprint density at radius 2 is 2.11 bits per heavy atom. The molecule has 0 spiro atoms. The summed E-state index contributed by atoms with van der Waals surface area (Å²) in [4.78, 5) is 13.2. The van der Waals surface area contributed by atoms with E-state index in [-0.39, 0.29) is 0 Å². The van der Waals surface area contributed by atoms with Gasteiger partial charge in [-0.2, -0.15) is 0 Å². The molecule has 2 rings (SSSR count). The average molecular weight is 261 g/mol. The van der Waals surface area contributed by atoms with Crippen LogP contribution in [-0.2, 0) is 11.3 Å². The molecule has 0 amide bonds. The number of aromatic nitrogens is 4. The largest absolute Gasteiger partial charge is 0.374 e. The van der Waals surface area contributed by atoms with Crippen LogP contribution < -0.4 is 5.32 Å². The predicted octanol–water partition coefficient (Wildman–Crippen LogP) is 1.86. The van der Waals surface area contributed by atoms with E-state index >= 15 is 0 Å². The Bertz CT molecular complexity index is 564. The first kappa shape index (κ1) is 13.5. The maximum Gasteiger partial charge on any atom is 0.158 e. The smallest absolute Gasteiger partial charge is 0.158 e. The fourth-order valence-corrected chi connectivity index (χ4v) is 1.72. The summed E-state index contributed by atoms with van der Waals surface area (Å²) in [6, 6.07) is 1.89. The summed E-state index contributed by atoms with van der Waals surface area (Å²) < 4.78 is 7.32. The molecule has 0 aliphatic heterocycles. The van der Waals surface area contributed by atoms with E-state index in [4.69, 9.17) is 4.74 Å². The van der Waals surface area contributed by atoms with Crippen LogP contribution in [0.15, 0.2) is 12.4 Å². The summed E-state index contributed by atoms with van der Waals surface area (Å²) in [5, 5.41) is 3.04. The van der Waals surface area contributed by atoms with Gasteiger partial charge in [-0.3, -0.25) is 4.57 Å². The zero-order chi connectivity index (χ0) is 13.8. The number of nitrogens with one attached hydrogen (secondary N) is 1. The second-order valence-corrected chi connectivity index (χ2v) is 4.20. The molecule has 0 saturated carbocycles. The van der Waals surface area contributed by atoms with E-state index in [0.717, 1.165) is 23.0 Å². The molecule has 19 heavy (non-hydrogen) atoms. The van der Waals surface area contributed by atoms with Crippen LogP contribution in [0.25, 0.3) is 5.82 Å². The van der Waals surface area contributed by atoms with E-state index in [1.54, 1.807) is 6.33 Å². The number of ether oxygens (including phenoxy) is 1. The van der Waals surface area contributed by atoms with Crippen molar-refractivity contribution < 1.29 is 4.74 Å². The van der Waals surface area contributed by atoms with Gasteiger partial charge in [0.15, 0.2) is 5.82 Å². The summed E-state index contributed by atoms with van der Waals surface area (Å²) in [6.07, 6.45) is 1.77. The highest BCUT2D eigenvalue weighted by Crippen LogP contribution is 2.15. The van der Waals surface area contributed by atoms with Crippen LogP contribution in [0.1, 0.15) is 24.1 Å². The molecule has 2 aromatic rings. The van der Waals surface area contributed by atoms with Crippen molar-refractivity contribution in [3.05, 3.63) is 29.6 Å². The fraction of sp³-hybridized carbons (Fsp3) is 0.462. The van der Waals surface area contributed by atoms with Crippen molar-refractivity contribution >= 4 is 5.82 Å². The van der Waals surface area contributed by atoms with Gasteiger partial charge in [0.25, 0.3) is 0 Å². The Hall–Kier alpha value is -1.95. The van der Waals surface area contributed by atoms with Crippen LogP contribution >= 0.6 is 0 Å². The van der Waals surface area contributed by atoms with Crippen molar-refractivity contribution in [3.8, 4) is 5.82 Å².